The number of amides is 1. The quantitative estimate of drug-likeness (QED) is 0.814. The van der Waals surface area contributed by atoms with Crippen LogP contribution >= 0.6 is 0 Å². The lowest BCUT2D eigenvalue weighted by atomic mass is 10.3. The molecule has 0 aromatic heterocycles. The van der Waals surface area contributed by atoms with Crippen molar-refractivity contribution in [2.24, 2.45) is 0 Å². The Hall–Kier alpha value is -0.820. The Kier molecular flexibility index (Phi) is 5.87. The third-order valence-electron chi connectivity index (χ3n) is 2.93. The van der Waals surface area contributed by atoms with Crippen LogP contribution in [-0.4, -0.2) is 68.2 Å². The maximum atomic E-state index is 12.3. The summed E-state index contributed by atoms with van der Waals surface area (Å²) in [4.78, 5) is 14.8. The van der Waals surface area contributed by atoms with Gasteiger partial charge in [-0.05, 0) is 13.5 Å². The van der Waals surface area contributed by atoms with Gasteiger partial charge < -0.3 is 10.2 Å². The van der Waals surface area contributed by atoms with E-state index in [2.05, 4.69) is 5.32 Å². The second-order valence-electron chi connectivity index (χ2n) is 4.48. The van der Waals surface area contributed by atoms with Gasteiger partial charge in [-0.2, -0.15) is 13.2 Å². The first kappa shape index (κ1) is 15.2. The maximum absolute atomic E-state index is 12.3. The van der Waals surface area contributed by atoms with E-state index in [-0.39, 0.29) is 5.91 Å². The van der Waals surface area contributed by atoms with Crippen molar-refractivity contribution in [2.45, 2.75) is 19.0 Å². The van der Waals surface area contributed by atoms with Crippen LogP contribution < -0.4 is 5.32 Å². The fraction of sp³-hybridized carbons (Fsp3) is 0.909. The van der Waals surface area contributed by atoms with E-state index in [0.717, 1.165) is 0 Å². The third-order valence-corrected chi connectivity index (χ3v) is 2.93. The molecule has 0 unspecified atom stereocenters. The summed E-state index contributed by atoms with van der Waals surface area (Å²) in [5.74, 6) is 0.0122. The predicted octanol–water partition coefficient (Wildman–Crippen LogP) is 0.692. The molecule has 106 valence electrons. The van der Waals surface area contributed by atoms with Crippen LogP contribution in [0.3, 0.4) is 0 Å². The van der Waals surface area contributed by atoms with Gasteiger partial charge >= 0.3 is 6.18 Å². The monoisotopic (exact) mass is 267 g/mol. The highest BCUT2D eigenvalue weighted by atomic mass is 19.4. The van der Waals surface area contributed by atoms with E-state index in [4.69, 9.17) is 0 Å². The van der Waals surface area contributed by atoms with Crippen molar-refractivity contribution < 1.29 is 18.0 Å². The summed E-state index contributed by atoms with van der Waals surface area (Å²) < 4.78 is 36.8. The van der Waals surface area contributed by atoms with E-state index in [1.54, 1.807) is 11.9 Å². The molecular formula is C11H20F3N3O. The van der Waals surface area contributed by atoms with E-state index < -0.39 is 12.7 Å². The SMILES string of the molecule is CNCCC(=O)N1CCCN(CC(F)(F)F)CC1. The molecule has 1 saturated heterocycles. The molecule has 0 atom stereocenters. The maximum Gasteiger partial charge on any atom is 0.401 e. The van der Waals surface area contributed by atoms with Gasteiger partial charge in [0.2, 0.25) is 5.91 Å². The minimum atomic E-state index is -4.16. The Morgan fingerprint density at radius 1 is 1.22 bits per heavy atom. The third kappa shape index (κ3) is 5.68. The first-order valence-electron chi connectivity index (χ1n) is 6.14. The van der Waals surface area contributed by atoms with E-state index in [9.17, 15) is 18.0 Å². The number of nitrogens with one attached hydrogen (secondary N) is 1. The van der Waals surface area contributed by atoms with E-state index >= 15 is 0 Å². The standard InChI is InChI=1S/C11H20F3N3O/c1-15-4-3-10(18)17-6-2-5-16(7-8-17)9-11(12,13)14/h15H,2-9H2,1H3. The van der Waals surface area contributed by atoms with Crippen LogP contribution in [0.4, 0.5) is 13.2 Å². The zero-order valence-electron chi connectivity index (χ0n) is 10.6. The van der Waals surface area contributed by atoms with E-state index in [1.165, 1.54) is 4.90 Å². The summed E-state index contributed by atoms with van der Waals surface area (Å²) in [5.41, 5.74) is 0. The van der Waals surface area contributed by atoms with Gasteiger partial charge in [-0.1, -0.05) is 0 Å². The molecule has 0 aromatic carbocycles. The second-order valence-corrected chi connectivity index (χ2v) is 4.48. The molecule has 18 heavy (non-hydrogen) atoms. The Bertz CT molecular complexity index is 271. The van der Waals surface area contributed by atoms with Crippen molar-refractivity contribution in [2.75, 3.05) is 46.3 Å². The molecule has 0 bridgehead atoms. The fourth-order valence-electron chi connectivity index (χ4n) is 2.02. The Labute approximate surface area is 105 Å². The van der Waals surface area contributed by atoms with Crippen molar-refractivity contribution in [3.63, 3.8) is 0 Å². The number of halogens is 3. The molecule has 0 saturated carbocycles. The van der Waals surface area contributed by atoms with Gasteiger partial charge in [-0.3, -0.25) is 9.69 Å². The van der Waals surface area contributed by atoms with Crippen molar-refractivity contribution in [1.82, 2.24) is 15.1 Å². The van der Waals surface area contributed by atoms with Crippen LogP contribution in [0, 0.1) is 0 Å². The average Bonchev–Trinajstić information content (AvgIpc) is 2.49. The summed E-state index contributed by atoms with van der Waals surface area (Å²) >= 11 is 0. The lowest BCUT2D eigenvalue weighted by Gasteiger charge is -2.22. The first-order valence-corrected chi connectivity index (χ1v) is 6.14. The van der Waals surface area contributed by atoms with Gasteiger partial charge in [0.15, 0.2) is 0 Å². The Morgan fingerprint density at radius 3 is 2.56 bits per heavy atom. The molecule has 1 aliphatic heterocycles. The summed E-state index contributed by atoms with van der Waals surface area (Å²) in [6.07, 6.45) is -3.16. The highest BCUT2D eigenvalue weighted by Crippen LogP contribution is 2.17. The Balaban J connectivity index is 2.38. The first-order chi connectivity index (χ1) is 8.42. The van der Waals surface area contributed by atoms with Crippen molar-refractivity contribution in [3.05, 3.63) is 0 Å². The number of alkyl halides is 3. The zero-order chi connectivity index (χ0) is 13.6. The molecule has 0 radical (unpaired) electrons. The van der Waals surface area contributed by atoms with Crippen LogP contribution in [0.15, 0.2) is 0 Å². The lowest BCUT2D eigenvalue weighted by molar-refractivity contribution is -0.145. The number of hydrogen-bond donors (Lipinski definition) is 1. The molecule has 1 N–H and O–H groups in total. The van der Waals surface area contributed by atoms with Crippen molar-refractivity contribution >= 4 is 5.91 Å². The molecule has 1 fully saturated rings. The minimum Gasteiger partial charge on any atom is -0.341 e. The van der Waals surface area contributed by atoms with E-state index in [1.807, 2.05) is 0 Å². The predicted molar refractivity (Wildman–Crippen MR) is 62.2 cm³/mol. The van der Waals surface area contributed by atoms with Gasteiger partial charge in [0.25, 0.3) is 0 Å². The molecule has 4 nitrogen and oxygen atoms in total. The fourth-order valence-corrected chi connectivity index (χ4v) is 2.02. The second kappa shape index (κ2) is 6.94. The summed E-state index contributed by atoms with van der Waals surface area (Å²) in [6, 6.07) is 0. The molecule has 1 rings (SSSR count). The van der Waals surface area contributed by atoms with Gasteiger partial charge in [-0.25, -0.2) is 0 Å². The molecule has 7 heteroatoms. The molecule has 0 aromatic rings. The van der Waals surface area contributed by atoms with Crippen LogP contribution in [0.25, 0.3) is 0 Å². The van der Waals surface area contributed by atoms with Crippen LogP contribution in [0.2, 0.25) is 0 Å². The van der Waals surface area contributed by atoms with Gasteiger partial charge in [0.05, 0.1) is 6.54 Å². The largest absolute Gasteiger partial charge is 0.401 e. The van der Waals surface area contributed by atoms with E-state index in [0.29, 0.717) is 45.6 Å². The molecule has 0 aliphatic carbocycles. The number of nitrogens with zero attached hydrogens (tertiary/aromatic N) is 2. The topological polar surface area (TPSA) is 35.6 Å². The van der Waals surface area contributed by atoms with Crippen molar-refractivity contribution in [3.8, 4) is 0 Å². The van der Waals surface area contributed by atoms with Gasteiger partial charge in [0.1, 0.15) is 0 Å². The highest BCUT2D eigenvalue weighted by molar-refractivity contribution is 5.76. The molecule has 1 heterocycles. The molecule has 1 aliphatic rings. The summed E-state index contributed by atoms with van der Waals surface area (Å²) in [7, 11) is 1.76. The Morgan fingerprint density at radius 2 is 1.94 bits per heavy atom. The van der Waals surface area contributed by atoms with Crippen LogP contribution in [0.1, 0.15) is 12.8 Å². The van der Waals surface area contributed by atoms with Crippen LogP contribution in [-0.2, 0) is 4.79 Å². The molecular weight excluding hydrogens is 247 g/mol. The summed E-state index contributed by atoms with van der Waals surface area (Å²) in [6.45, 7) is 1.35. The normalized spacial score (nSPS) is 18.8. The number of hydrogen-bond acceptors (Lipinski definition) is 3. The minimum absolute atomic E-state index is 0.0122. The lowest BCUT2D eigenvalue weighted by Crippen LogP contribution is -2.39. The average molecular weight is 267 g/mol. The molecule has 1 amide bonds. The van der Waals surface area contributed by atoms with Gasteiger partial charge in [-0.15, -0.1) is 0 Å². The summed E-state index contributed by atoms with van der Waals surface area (Å²) in [5, 5.41) is 2.89. The van der Waals surface area contributed by atoms with Crippen LogP contribution in [0.5, 0.6) is 0 Å². The zero-order valence-corrected chi connectivity index (χ0v) is 10.6. The van der Waals surface area contributed by atoms with Crippen molar-refractivity contribution in [1.29, 1.82) is 0 Å². The highest BCUT2D eigenvalue weighted by Gasteiger charge is 2.31. The molecule has 0 spiro atoms. The smallest absolute Gasteiger partial charge is 0.341 e. The number of rotatable bonds is 4. The number of carbonyl (C=O) groups excluding carboxylic acids is 1. The number of carbonyl (C=O) groups is 1. The van der Waals surface area contributed by atoms with Gasteiger partial charge in [0, 0.05) is 39.1 Å².